The maximum atomic E-state index is 13.5. The number of nitrogens with one attached hydrogen (secondary N) is 3. The molecule has 0 aliphatic carbocycles. The van der Waals surface area contributed by atoms with Crippen LogP contribution in [0.25, 0.3) is 21.8 Å². The summed E-state index contributed by atoms with van der Waals surface area (Å²) in [4.78, 5) is 36.9. The molecule has 0 bridgehead atoms. The minimum absolute atomic E-state index is 0.0617. The third-order valence-electron chi connectivity index (χ3n) is 8.84. The molecule has 1 saturated heterocycles. The fraction of sp³-hybridized carbons (Fsp3) is 0.314. The Bertz CT molecular complexity index is 1820. The van der Waals surface area contributed by atoms with Crippen LogP contribution in [-0.2, 0) is 22.6 Å². The molecule has 1 fully saturated rings. The van der Waals surface area contributed by atoms with Crippen molar-refractivity contribution in [2.24, 2.45) is 0 Å². The minimum Gasteiger partial charge on any atom is -0.508 e. The van der Waals surface area contributed by atoms with E-state index in [0.717, 1.165) is 58.9 Å². The van der Waals surface area contributed by atoms with E-state index in [-0.39, 0.29) is 23.6 Å². The van der Waals surface area contributed by atoms with E-state index in [1.54, 1.807) is 30.0 Å². The van der Waals surface area contributed by atoms with Gasteiger partial charge in [0.1, 0.15) is 5.75 Å². The van der Waals surface area contributed by atoms with Gasteiger partial charge in [-0.15, -0.1) is 0 Å². The van der Waals surface area contributed by atoms with E-state index in [2.05, 4.69) is 26.3 Å². The molecule has 8 nitrogen and oxygen atoms in total. The highest BCUT2D eigenvalue weighted by molar-refractivity contribution is 6.42. The van der Waals surface area contributed by atoms with Crippen molar-refractivity contribution in [2.45, 2.75) is 44.7 Å². The number of phenolic OH excluding ortho intramolecular Hbond substituents is 1. The molecule has 10 heteroatoms. The number of carbonyl (C=O) groups excluding carboxylic acids is 2. The van der Waals surface area contributed by atoms with E-state index in [0.29, 0.717) is 42.0 Å². The Morgan fingerprint density at radius 3 is 2.51 bits per heavy atom. The summed E-state index contributed by atoms with van der Waals surface area (Å²) in [5.74, 6) is 0.472. The molecule has 3 heterocycles. The molecule has 0 radical (unpaired) electrons. The first-order chi connectivity index (χ1) is 21.7. The second-order valence-electron chi connectivity index (χ2n) is 12.0. The van der Waals surface area contributed by atoms with Crippen LogP contribution in [0.3, 0.4) is 0 Å². The number of hydrogen-bond donors (Lipinski definition) is 4. The first-order valence-corrected chi connectivity index (χ1v) is 16.0. The van der Waals surface area contributed by atoms with Crippen LogP contribution in [0, 0.1) is 0 Å². The van der Waals surface area contributed by atoms with Gasteiger partial charge in [-0.25, -0.2) is 0 Å². The number of para-hydroxylation sites is 1. The molecule has 5 aromatic rings. The van der Waals surface area contributed by atoms with Crippen molar-refractivity contribution in [2.75, 3.05) is 26.2 Å². The Morgan fingerprint density at radius 1 is 0.978 bits per heavy atom. The summed E-state index contributed by atoms with van der Waals surface area (Å²) in [5.41, 5.74) is 5.22. The molecule has 0 spiro atoms. The summed E-state index contributed by atoms with van der Waals surface area (Å²) < 4.78 is 0. The zero-order valence-corrected chi connectivity index (χ0v) is 26.7. The zero-order valence-electron chi connectivity index (χ0n) is 25.2. The molecular formula is C35H37Cl2N5O3. The zero-order chi connectivity index (χ0) is 31.5. The number of benzene rings is 3. The Balaban J connectivity index is 1.13. The van der Waals surface area contributed by atoms with Crippen LogP contribution in [0.2, 0.25) is 10.0 Å². The number of aromatic amines is 2. The van der Waals surface area contributed by atoms with E-state index in [1.807, 2.05) is 48.8 Å². The predicted octanol–water partition coefficient (Wildman–Crippen LogP) is 6.62. The number of piperidine rings is 1. The van der Waals surface area contributed by atoms with Crippen molar-refractivity contribution in [1.29, 1.82) is 0 Å². The van der Waals surface area contributed by atoms with Gasteiger partial charge in [0, 0.05) is 54.2 Å². The van der Waals surface area contributed by atoms with Gasteiger partial charge < -0.3 is 25.3 Å². The maximum absolute atomic E-state index is 13.5. The number of halogens is 2. The SMILES string of the molecule is CC(=O)N(Cc1ccc(Cl)c(Cl)c1)C[C@@H](Cc1c[nH]c2ccccc12)NC(=O)CN1CCC(c2c[nH]c3ccc(O)cc23)CC1. The minimum atomic E-state index is -0.306. The first-order valence-electron chi connectivity index (χ1n) is 15.3. The van der Waals surface area contributed by atoms with Crippen LogP contribution >= 0.6 is 23.2 Å². The lowest BCUT2D eigenvalue weighted by Gasteiger charge is -2.32. The second-order valence-corrected chi connectivity index (χ2v) is 12.8. The fourth-order valence-corrected chi connectivity index (χ4v) is 6.82. The monoisotopic (exact) mass is 645 g/mol. The smallest absolute Gasteiger partial charge is 0.234 e. The van der Waals surface area contributed by atoms with Crippen LogP contribution < -0.4 is 5.32 Å². The second kappa shape index (κ2) is 13.6. The van der Waals surface area contributed by atoms with Crippen molar-refractivity contribution in [3.8, 4) is 5.75 Å². The van der Waals surface area contributed by atoms with Crippen molar-refractivity contribution in [1.82, 2.24) is 25.1 Å². The average molecular weight is 647 g/mol. The summed E-state index contributed by atoms with van der Waals surface area (Å²) in [6.45, 7) is 4.13. The lowest BCUT2D eigenvalue weighted by Crippen LogP contribution is -2.49. The molecule has 4 N–H and O–H groups in total. The van der Waals surface area contributed by atoms with E-state index < -0.39 is 0 Å². The van der Waals surface area contributed by atoms with Crippen LogP contribution in [0.1, 0.15) is 42.4 Å². The molecule has 45 heavy (non-hydrogen) atoms. The highest BCUT2D eigenvalue weighted by Crippen LogP contribution is 2.34. The van der Waals surface area contributed by atoms with Crippen LogP contribution in [0.15, 0.2) is 73.1 Å². The van der Waals surface area contributed by atoms with Crippen molar-refractivity contribution >= 4 is 56.8 Å². The van der Waals surface area contributed by atoms with Gasteiger partial charge in [0.05, 0.1) is 22.6 Å². The lowest BCUT2D eigenvalue weighted by atomic mass is 9.89. The Morgan fingerprint density at radius 2 is 1.73 bits per heavy atom. The van der Waals surface area contributed by atoms with Gasteiger partial charge in [-0.05, 0) is 91.4 Å². The Labute approximate surface area is 272 Å². The molecule has 2 aromatic heterocycles. The van der Waals surface area contributed by atoms with Crippen molar-refractivity contribution < 1.29 is 14.7 Å². The van der Waals surface area contributed by atoms with E-state index in [9.17, 15) is 14.7 Å². The normalized spacial score (nSPS) is 15.0. The number of carbonyl (C=O) groups is 2. The van der Waals surface area contributed by atoms with Gasteiger partial charge >= 0.3 is 0 Å². The quantitative estimate of drug-likeness (QED) is 0.137. The predicted molar refractivity (Wildman–Crippen MR) is 180 cm³/mol. The number of nitrogens with zero attached hydrogens (tertiary/aromatic N) is 2. The number of aromatic hydroxyl groups is 1. The number of aromatic nitrogens is 2. The molecule has 0 saturated carbocycles. The highest BCUT2D eigenvalue weighted by Gasteiger charge is 2.26. The first kappa shape index (κ1) is 31.0. The van der Waals surface area contributed by atoms with Gasteiger partial charge in [0.15, 0.2) is 0 Å². The topological polar surface area (TPSA) is 104 Å². The third kappa shape index (κ3) is 7.30. The Kier molecular flexibility index (Phi) is 9.35. The molecule has 3 aromatic carbocycles. The number of rotatable bonds is 10. The number of phenols is 1. The molecule has 6 rings (SSSR count). The molecule has 2 amide bonds. The number of H-pyrrole nitrogens is 2. The van der Waals surface area contributed by atoms with Crippen LogP contribution in [0.5, 0.6) is 5.75 Å². The van der Waals surface area contributed by atoms with Crippen LogP contribution in [0.4, 0.5) is 0 Å². The third-order valence-corrected chi connectivity index (χ3v) is 9.58. The summed E-state index contributed by atoms with van der Waals surface area (Å²) in [6.07, 6.45) is 6.45. The van der Waals surface area contributed by atoms with E-state index in [1.165, 1.54) is 5.56 Å². The molecule has 0 unspecified atom stereocenters. The van der Waals surface area contributed by atoms with Gasteiger partial charge in [-0.1, -0.05) is 47.5 Å². The summed E-state index contributed by atoms with van der Waals surface area (Å²) in [5, 5.41) is 16.3. The summed E-state index contributed by atoms with van der Waals surface area (Å²) in [6, 6.07) is 18.6. The van der Waals surface area contributed by atoms with Gasteiger partial charge in [-0.2, -0.15) is 0 Å². The Hall–Kier alpha value is -3.98. The van der Waals surface area contributed by atoms with Gasteiger partial charge in [0.25, 0.3) is 0 Å². The lowest BCUT2D eigenvalue weighted by molar-refractivity contribution is -0.131. The molecule has 1 atom stereocenters. The van der Waals surface area contributed by atoms with E-state index in [4.69, 9.17) is 23.2 Å². The van der Waals surface area contributed by atoms with Crippen molar-refractivity contribution in [3.05, 3.63) is 99.8 Å². The number of amides is 2. The van der Waals surface area contributed by atoms with Gasteiger partial charge in [-0.3, -0.25) is 14.5 Å². The summed E-state index contributed by atoms with van der Waals surface area (Å²) in [7, 11) is 0. The molecule has 1 aliphatic heterocycles. The van der Waals surface area contributed by atoms with Crippen LogP contribution in [-0.4, -0.2) is 68.9 Å². The standard InChI is InChI=1S/C35H37Cl2N5O3/c1-22(43)42(19-23-6-8-31(36)32(37)14-23)20-26(15-25-17-38-33-5-3-2-4-28(25)33)40-35(45)21-41-12-10-24(11-13-41)30-18-39-34-9-7-27(44)16-29(30)34/h2-9,14,16-18,24,26,38-39,44H,10-13,15,19-21H2,1H3,(H,40,45)/t26-/m1/s1. The molecule has 234 valence electrons. The molecule has 1 aliphatic rings. The number of likely N-dealkylation sites (tertiary alicyclic amines) is 1. The van der Waals surface area contributed by atoms with Gasteiger partial charge in [0.2, 0.25) is 11.8 Å². The molecular weight excluding hydrogens is 609 g/mol. The van der Waals surface area contributed by atoms with E-state index >= 15 is 0 Å². The fourth-order valence-electron chi connectivity index (χ4n) is 6.50. The highest BCUT2D eigenvalue weighted by atomic mass is 35.5. The van der Waals surface area contributed by atoms with Crippen molar-refractivity contribution in [3.63, 3.8) is 0 Å². The summed E-state index contributed by atoms with van der Waals surface area (Å²) >= 11 is 12.4. The maximum Gasteiger partial charge on any atom is 0.234 e. The largest absolute Gasteiger partial charge is 0.508 e. The number of fused-ring (bicyclic) bond motifs is 2. The number of hydrogen-bond acceptors (Lipinski definition) is 4. The average Bonchev–Trinajstić information content (AvgIpc) is 3.63.